The van der Waals surface area contributed by atoms with E-state index in [1.807, 2.05) is 0 Å². The van der Waals surface area contributed by atoms with Crippen LogP contribution < -0.4 is 16.4 Å². The van der Waals surface area contributed by atoms with Crippen molar-refractivity contribution in [3.05, 3.63) is 34.9 Å². The van der Waals surface area contributed by atoms with E-state index in [-0.39, 0.29) is 17.8 Å². The Morgan fingerprint density at radius 2 is 1.89 bits per heavy atom. The number of hydrogen-bond acceptors (Lipinski definition) is 8. The quantitative estimate of drug-likeness (QED) is 0.256. The fraction of sp³-hybridized carbons (Fsp3) is 0.316. The predicted octanol–water partition coefficient (Wildman–Crippen LogP) is 1.03. The number of nitrogens with one attached hydrogen (secondary N) is 3. The molecule has 0 aromatic carbocycles. The maximum absolute atomic E-state index is 13.6. The van der Waals surface area contributed by atoms with Crippen LogP contribution in [0.15, 0.2) is 28.6 Å². The molecule has 1 aromatic rings. The van der Waals surface area contributed by atoms with E-state index in [1.165, 1.54) is 0 Å². The number of carbonyl (C=O) groups is 4. The van der Waals surface area contributed by atoms with Gasteiger partial charge in [-0.3, -0.25) is 19.8 Å². The fourth-order valence-corrected chi connectivity index (χ4v) is 2.90. The van der Waals surface area contributed by atoms with Crippen LogP contribution in [0.1, 0.15) is 41.7 Å². The third kappa shape index (κ3) is 7.24. The summed E-state index contributed by atoms with van der Waals surface area (Å²) in [6.45, 7) is 0. The molecule has 0 bridgehead atoms. The molecule has 2 amide bonds. The van der Waals surface area contributed by atoms with Gasteiger partial charge in [0.2, 0.25) is 5.91 Å². The number of amides is 2. The van der Waals surface area contributed by atoms with Crippen LogP contribution in [-0.4, -0.2) is 61.8 Å². The number of halogens is 3. The summed E-state index contributed by atoms with van der Waals surface area (Å²) < 4.78 is 40.7. The summed E-state index contributed by atoms with van der Waals surface area (Å²) in [5.41, 5.74) is 1.95. The van der Waals surface area contributed by atoms with Gasteiger partial charge in [-0.05, 0) is 12.5 Å². The average molecular weight is 500 g/mol. The number of rotatable bonds is 9. The summed E-state index contributed by atoms with van der Waals surface area (Å²) in [5.74, 6) is -6.42. The summed E-state index contributed by atoms with van der Waals surface area (Å²) in [6, 6.07) is -1.40. The summed E-state index contributed by atoms with van der Waals surface area (Å²) >= 11 is 0. The first-order valence-electron chi connectivity index (χ1n) is 9.64. The number of alkyl halides is 3. The van der Waals surface area contributed by atoms with Crippen LogP contribution in [-0.2, 0) is 20.6 Å². The Morgan fingerprint density at radius 1 is 1.23 bits per heavy atom. The van der Waals surface area contributed by atoms with E-state index in [4.69, 9.17) is 21.4 Å². The van der Waals surface area contributed by atoms with Crippen molar-refractivity contribution in [2.45, 2.75) is 37.9 Å². The average Bonchev–Trinajstić information content (AvgIpc) is 2.72. The van der Waals surface area contributed by atoms with Crippen LogP contribution in [0.2, 0.25) is 0 Å². The van der Waals surface area contributed by atoms with Crippen molar-refractivity contribution in [3.8, 4) is 0 Å². The standard InChI is InChI=1S/C19H19F3N6O7/c20-19(21,22)9-3-7(26-13(30)4-8-11(29)5-12(23)28-16(8)24)6-25-15(9)17(33)27-10(18(34)35)1-2-14(31)32/h3,6,10,29H,1-2,4-5H2,(H,26,30)(H,27,33)(H,31,32)(H,34,35)(H3,23,24,28)/t10-/m0/s1. The predicted molar refractivity (Wildman–Crippen MR) is 112 cm³/mol. The van der Waals surface area contributed by atoms with Crippen LogP contribution in [0, 0.1) is 5.41 Å². The van der Waals surface area contributed by atoms with Crippen LogP contribution in [0.25, 0.3) is 0 Å². The van der Waals surface area contributed by atoms with Gasteiger partial charge < -0.3 is 31.7 Å². The highest BCUT2D eigenvalue weighted by Gasteiger charge is 2.37. The fourth-order valence-electron chi connectivity index (χ4n) is 2.90. The molecule has 0 saturated heterocycles. The topological polar surface area (TPSA) is 228 Å². The smallest absolute Gasteiger partial charge is 0.418 e. The molecule has 8 N–H and O–H groups in total. The largest absolute Gasteiger partial charge is 0.511 e. The first kappa shape index (κ1) is 26.7. The number of dihydropyridines is 1. The third-order valence-corrected chi connectivity index (χ3v) is 4.52. The third-order valence-electron chi connectivity index (χ3n) is 4.52. The zero-order valence-electron chi connectivity index (χ0n) is 17.6. The zero-order chi connectivity index (χ0) is 26.5. The van der Waals surface area contributed by atoms with E-state index in [0.717, 1.165) is 0 Å². The molecule has 35 heavy (non-hydrogen) atoms. The van der Waals surface area contributed by atoms with Crippen molar-refractivity contribution in [2.75, 3.05) is 5.32 Å². The van der Waals surface area contributed by atoms with E-state index in [2.05, 4.69) is 15.3 Å². The molecule has 1 aliphatic heterocycles. The minimum Gasteiger partial charge on any atom is -0.511 e. The molecule has 1 atom stereocenters. The molecular weight excluding hydrogens is 481 g/mol. The molecule has 2 rings (SSSR count). The van der Waals surface area contributed by atoms with Gasteiger partial charge in [0.1, 0.15) is 23.3 Å². The number of aliphatic hydroxyl groups is 1. The highest BCUT2D eigenvalue weighted by atomic mass is 19.4. The van der Waals surface area contributed by atoms with Crippen molar-refractivity contribution in [1.29, 1.82) is 5.41 Å². The van der Waals surface area contributed by atoms with Gasteiger partial charge in [0.25, 0.3) is 5.91 Å². The van der Waals surface area contributed by atoms with Crippen LogP contribution in [0.4, 0.5) is 18.9 Å². The number of aliphatic carboxylic acids is 2. The first-order valence-corrected chi connectivity index (χ1v) is 9.64. The Bertz CT molecular complexity index is 1150. The Balaban J connectivity index is 2.23. The van der Waals surface area contributed by atoms with E-state index in [0.29, 0.717) is 12.3 Å². The highest BCUT2D eigenvalue weighted by molar-refractivity contribution is 6.11. The maximum Gasteiger partial charge on any atom is 0.418 e. The number of aromatic nitrogens is 1. The minimum atomic E-state index is -5.14. The molecule has 1 aromatic heterocycles. The van der Waals surface area contributed by atoms with Crippen molar-refractivity contribution in [3.63, 3.8) is 0 Å². The number of carboxylic acids is 2. The van der Waals surface area contributed by atoms with Gasteiger partial charge in [0.15, 0.2) is 5.84 Å². The molecule has 0 saturated carbocycles. The Morgan fingerprint density at radius 3 is 2.43 bits per heavy atom. The van der Waals surface area contributed by atoms with E-state index < -0.39 is 83.8 Å². The lowest BCUT2D eigenvalue weighted by Gasteiger charge is -2.17. The monoisotopic (exact) mass is 500 g/mol. The molecule has 0 unspecified atom stereocenters. The molecule has 0 radical (unpaired) electrons. The number of nitrogens with two attached hydrogens (primary N) is 1. The van der Waals surface area contributed by atoms with Gasteiger partial charge in [-0.2, -0.15) is 13.2 Å². The maximum atomic E-state index is 13.6. The van der Waals surface area contributed by atoms with E-state index >= 15 is 0 Å². The summed E-state index contributed by atoms with van der Waals surface area (Å²) in [5, 5.41) is 39.2. The van der Waals surface area contributed by atoms with Gasteiger partial charge in [-0.25, -0.2) is 14.8 Å². The number of aliphatic hydroxyl groups excluding tert-OH is 1. The lowest BCUT2D eigenvalue weighted by molar-refractivity contribution is -0.140. The Labute approximate surface area is 194 Å². The number of aliphatic imine (C=N–C) groups is 1. The van der Waals surface area contributed by atoms with Crippen molar-refractivity contribution in [1.82, 2.24) is 10.3 Å². The SMILES string of the molecule is N=C1N=C(N)CC(O)=C1CC(=O)Nc1cnc(C(=O)N[C@@H](CCC(=O)O)C(=O)O)c(C(F)(F)F)c1. The molecule has 16 heteroatoms. The molecular formula is C19H19F3N6O7. The van der Waals surface area contributed by atoms with Gasteiger partial charge in [-0.1, -0.05) is 0 Å². The molecule has 188 valence electrons. The second-order valence-electron chi connectivity index (χ2n) is 7.19. The van der Waals surface area contributed by atoms with E-state index in [1.54, 1.807) is 5.32 Å². The molecule has 0 spiro atoms. The molecule has 0 fully saturated rings. The summed E-state index contributed by atoms with van der Waals surface area (Å²) in [4.78, 5) is 53.4. The van der Waals surface area contributed by atoms with Crippen molar-refractivity contribution < 1.29 is 47.7 Å². The second kappa shape index (κ2) is 10.6. The lowest BCUT2D eigenvalue weighted by Crippen LogP contribution is -2.42. The van der Waals surface area contributed by atoms with Crippen LogP contribution in [0.5, 0.6) is 0 Å². The molecule has 0 aliphatic carbocycles. The normalized spacial score (nSPS) is 14.7. The summed E-state index contributed by atoms with van der Waals surface area (Å²) in [6.07, 6.45) is -6.50. The number of pyridine rings is 1. The lowest BCUT2D eigenvalue weighted by atomic mass is 10.0. The second-order valence-corrected chi connectivity index (χ2v) is 7.19. The number of nitrogens with zero attached hydrogens (tertiary/aromatic N) is 2. The molecule has 13 nitrogen and oxygen atoms in total. The molecule has 1 aliphatic rings. The Hall–Kier alpha value is -4.50. The van der Waals surface area contributed by atoms with Gasteiger partial charge in [0, 0.05) is 12.0 Å². The van der Waals surface area contributed by atoms with E-state index in [9.17, 15) is 37.5 Å². The van der Waals surface area contributed by atoms with Crippen molar-refractivity contribution >= 4 is 41.1 Å². The van der Waals surface area contributed by atoms with Gasteiger partial charge in [0.05, 0.1) is 30.3 Å². The number of anilines is 1. The van der Waals surface area contributed by atoms with Gasteiger partial charge >= 0.3 is 18.1 Å². The first-order chi connectivity index (χ1) is 16.2. The highest BCUT2D eigenvalue weighted by Crippen LogP contribution is 2.33. The molecule has 2 heterocycles. The van der Waals surface area contributed by atoms with Crippen LogP contribution in [0.3, 0.4) is 0 Å². The van der Waals surface area contributed by atoms with Gasteiger partial charge in [-0.15, -0.1) is 0 Å². The van der Waals surface area contributed by atoms with Crippen molar-refractivity contribution in [2.24, 2.45) is 10.7 Å². The number of amidine groups is 2. The Kier molecular flexibility index (Phi) is 8.12. The number of carboxylic acid groups (broad SMARTS) is 2. The summed E-state index contributed by atoms with van der Waals surface area (Å²) in [7, 11) is 0. The number of carbonyl (C=O) groups excluding carboxylic acids is 2. The number of hydrogen-bond donors (Lipinski definition) is 7. The van der Waals surface area contributed by atoms with Crippen LogP contribution >= 0.6 is 0 Å². The zero-order valence-corrected chi connectivity index (χ0v) is 17.6. The minimum absolute atomic E-state index is 0.0577.